The molecule has 0 spiro atoms. The van der Waals surface area contributed by atoms with Crippen molar-refractivity contribution in [1.82, 2.24) is 4.90 Å². The Hall–Kier alpha value is -4.26. The number of nitrogens with one attached hydrogen (secondary N) is 1. The summed E-state index contributed by atoms with van der Waals surface area (Å²) >= 11 is 0. The summed E-state index contributed by atoms with van der Waals surface area (Å²) in [5.74, 6) is 1.37. The van der Waals surface area contributed by atoms with Crippen molar-refractivity contribution in [2.75, 3.05) is 19.5 Å². The molecule has 190 valence electrons. The number of methoxy groups -OCH3 is 1. The SMILES string of the molecule is COc1cccc2c1-c1ccc3c(c1C(c1cccc(OC(=O)N(C)C(C)=O)c1)O2)C(C)=CC(C)(C)N3. The van der Waals surface area contributed by atoms with Gasteiger partial charge in [-0.1, -0.05) is 30.3 Å². The first kappa shape index (κ1) is 24.4. The predicted octanol–water partition coefficient (Wildman–Crippen LogP) is 6.43. The maximum Gasteiger partial charge on any atom is 0.421 e. The summed E-state index contributed by atoms with van der Waals surface area (Å²) in [5.41, 5.74) is 6.82. The molecule has 0 saturated heterocycles. The molecule has 1 atom stereocenters. The maximum atomic E-state index is 12.4. The van der Waals surface area contributed by atoms with E-state index < -0.39 is 18.1 Å². The van der Waals surface area contributed by atoms with Gasteiger partial charge in [-0.25, -0.2) is 4.79 Å². The molecule has 3 aromatic rings. The number of benzene rings is 3. The van der Waals surface area contributed by atoms with Crippen molar-refractivity contribution in [2.24, 2.45) is 0 Å². The third-order valence-corrected chi connectivity index (χ3v) is 6.77. The molecule has 0 radical (unpaired) electrons. The summed E-state index contributed by atoms with van der Waals surface area (Å²) in [7, 11) is 3.04. The molecule has 2 heterocycles. The van der Waals surface area contributed by atoms with Crippen LogP contribution in [0.3, 0.4) is 0 Å². The minimum absolute atomic E-state index is 0.192. The van der Waals surface area contributed by atoms with Crippen molar-refractivity contribution in [1.29, 1.82) is 0 Å². The molecule has 3 aromatic carbocycles. The lowest BCUT2D eigenvalue weighted by Crippen LogP contribution is -2.33. The Kier molecular flexibility index (Phi) is 5.94. The monoisotopic (exact) mass is 498 g/mol. The number of nitrogens with zero attached hydrogens (tertiary/aromatic N) is 1. The van der Waals surface area contributed by atoms with Gasteiger partial charge in [0.05, 0.1) is 18.2 Å². The lowest BCUT2D eigenvalue weighted by Gasteiger charge is -2.37. The molecule has 0 bridgehead atoms. The second-order valence-electron chi connectivity index (χ2n) is 9.97. The van der Waals surface area contributed by atoms with Crippen LogP contribution in [0.25, 0.3) is 16.7 Å². The normalized spacial score (nSPS) is 16.6. The highest BCUT2D eigenvalue weighted by atomic mass is 16.6. The minimum atomic E-state index is -0.743. The van der Waals surface area contributed by atoms with Crippen LogP contribution in [-0.4, -0.2) is 36.6 Å². The quantitative estimate of drug-likeness (QED) is 0.449. The second kappa shape index (κ2) is 9.00. The Morgan fingerprint density at radius 1 is 1.05 bits per heavy atom. The first-order valence-electron chi connectivity index (χ1n) is 12.1. The lowest BCUT2D eigenvalue weighted by molar-refractivity contribution is -0.125. The summed E-state index contributed by atoms with van der Waals surface area (Å²) in [6, 6.07) is 17.2. The number of ether oxygens (including phenoxy) is 3. The van der Waals surface area contributed by atoms with E-state index in [1.54, 1.807) is 19.2 Å². The van der Waals surface area contributed by atoms with E-state index in [9.17, 15) is 9.59 Å². The summed E-state index contributed by atoms with van der Waals surface area (Å²) in [6.45, 7) is 7.71. The molecule has 37 heavy (non-hydrogen) atoms. The first-order chi connectivity index (χ1) is 17.6. The highest BCUT2D eigenvalue weighted by Crippen LogP contribution is 2.53. The summed E-state index contributed by atoms with van der Waals surface area (Å²) < 4.78 is 17.9. The van der Waals surface area contributed by atoms with Crippen LogP contribution in [0.15, 0.2) is 60.7 Å². The molecule has 1 unspecified atom stereocenters. The molecule has 5 rings (SSSR count). The highest BCUT2D eigenvalue weighted by Gasteiger charge is 2.36. The Morgan fingerprint density at radius 3 is 2.54 bits per heavy atom. The van der Waals surface area contributed by atoms with Gasteiger partial charge >= 0.3 is 6.09 Å². The van der Waals surface area contributed by atoms with Crippen molar-refractivity contribution >= 4 is 23.3 Å². The first-order valence-corrected chi connectivity index (χ1v) is 12.1. The fraction of sp³-hybridized carbons (Fsp3) is 0.267. The molecule has 7 heteroatoms. The van der Waals surface area contributed by atoms with Crippen molar-refractivity contribution in [2.45, 2.75) is 39.3 Å². The van der Waals surface area contributed by atoms with Gasteiger partial charge in [0.1, 0.15) is 17.2 Å². The van der Waals surface area contributed by atoms with Crippen LogP contribution in [-0.2, 0) is 4.79 Å². The van der Waals surface area contributed by atoms with Crippen LogP contribution in [0, 0.1) is 0 Å². The van der Waals surface area contributed by atoms with Crippen molar-refractivity contribution in [3.05, 3.63) is 77.4 Å². The van der Waals surface area contributed by atoms with Gasteiger partial charge in [-0.3, -0.25) is 9.69 Å². The molecular formula is C30H30N2O5. The third-order valence-electron chi connectivity index (χ3n) is 6.77. The van der Waals surface area contributed by atoms with Gasteiger partial charge < -0.3 is 19.5 Å². The second-order valence-corrected chi connectivity index (χ2v) is 9.97. The van der Waals surface area contributed by atoms with Crippen LogP contribution in [0.2, 0.25) is 0 Å². The number of carbonyl (C=O) groups is 2. The summed E-state index contributed by atoms with van der Waals surface area (Å²) in [6.07, 6.45) is 1.01. The fourth-order valence-corrected chi connectivity index (χ4v) is 5.14. The van der Waals surface area contributed by atoms with Gasteiger partial charge in [-0.15, -0.1) is 0 Å². The molecule has 0 saturated carbocycles. The van der Waals surface area contributed by atoms with E-state index in [0.29, 0.717) is 11.5 Å². The van der Waals surface area contributed by atoms with Crippen molar-refractivity contribution in [3.63, 3.8) is 0 Å². The zero-order valence-corrected chi connectivity index (χ0v) is 21.8. The van der Waals surface area contributed by atoms with E-state index >= 15 is 0 Å². The van der Waals surface area contributed by atoms with E-state index in [4.69, 9.17) is 14.2 Å². The third kappa shape index (κ3) is 4.31. The maximum absolute atomic E-state index is 12.4. The number of rotatable bonds is 3. The number of fused-ring (bicyclic) bond motifs is 5. The Labute approximate surface area is 216 Å². The molecule has 1 N–H and O–H groups in total. The van der Waals surface area contributed by atoms with Crippen LogP contribution in [0.1, 0.15) is 50.5 Å². The molecular weight excluding hydrogens is 468 g/mol. The average Bonchev–Trinajstić information content (AvgIpc) is 2.86. The number of amides is 2. The zero-order chi connectivity index (χ0) is 26.5. The Bertz CT molecular complexity index is 1460. The van der Waals surface area contributed by atoms with E-state index in [2.05, 4.69) is 44.3 Å². The van der Waals surface area contributed by atoms with Gasteiger partial charge in [0.25, 0.3) is 0 Å². The van der Waals surface area contributed by atoms with Gasteiger partial charge in [0.15, 0.2) is 6.10 Å². The van der Waals surface area contributed by atoms with Crippen LogP contribution in [0.4, 0.5) is 10.5 Å². The van der Waals surface area contributed by atoms with Crippen LogP contribution >= 0.6 is 0 Å². The van der Waals surface area contributed by atoms with E-state index in [1.165, 1.54) is 14.0 Å². The van der Waals surface area contributed by atoms with Gasteiger partial charge in [0, 0.05) is 36.3 Å². The van der Waals surface area contributed by atoms with E-state index in [1.807, 2.05) is 30.3 Å². The number of hydrogen-bond donors (Lipinski definition) is 1. The minimum Gasteiger partial charge on any atom is -0.496 e. The zero-order valence-electron chi connectivity index (χ0n) is 21.8. The van der Waals surface area contributed by atoms with Crippen LogP contribution < -0.4 is 19.5 Å². The molecule has 2 aliphatic heterocycles. The molecule has 2 amide bonds. The van der Waals surface area contributed by atoms with Crippen molar-refractivity contribution in [3.8, 4) is 28.4 Å². The van der Waals surface area contributed by atoms with E-state index in [-0.39, 0.29) is 5.54 Å². The smallest absolute Gasteiger partial charge is 0.421 e. The number of allylic oxidation sites excluding steroid dienone is 1. The number of hydrogen-bond acceptors (Lipinski definition) is 6. The van der Waals surface area contributed by atoms with Gasteiger partial charge in [-0.2, -0.15) is 0 Å². The topological polar surface area (TPSA) is 77.1 Å². The van der Waals surface area contributed by atoms with Gasteiger partial charge in [-0.05, 0) is 62.2 Å². The van der Waals surface area contributed by atoms with E-state index in [0.717, 1.165) is 49.7 Å². The summed E-state index contributed by atoms with van der Waals surface area (Å²) in [4.78, 5) is 24.9. The summed E-state index contributed by atoms with van der Waals surface area (Å²) in [5, 5.41) is 3.63. The molecule has 7 nitrogen and oxygen atoms in total. The van der Waals surface area contributed by atoms with Gasteiger partial charge in [0.2, 0.25) is 5.91 Å². The largest absolute Gasteiger partial charge is 0.496 e. The molecule has 0 aromatic heterocycles. The number of imide groups is 1. The Morgan fingerprint density at radius 2 is 1.81 bits per heavy atom. The number of carbonyl (C=O) groups excluding carboxylic acids is 2. The van der Waals surface area contributed by atoms with Crippen LogP contribution in [0.5, 0.6) is 17.2 Å². The molecule has 0 aliphatic carbocycles. The predicted molar refractivity (Wildman–Crippen MR) is 143 cm³/mol. The highest BCUT2D eigenvalue weighted by molar-refractivity contribution is 5.92. The van der Waals surface area contributed by atoms with Crippen molar-refractivity contribution < 1.29 is 23.8 Å². The Balaban J connectivity index is 1.68. The molecule has 2 aliphatic rings. The number of anilines is 1. The lowest BCUT2D eigenvalue weighted by atomic mass is 9.80. The fourth-order valence-electron chi connectivity index (χ4n) is 5.14. The standard InChI is InChI=1S/C30H30N2O5/c1-17-16-30(3,4)31-22-14-13-21-26-23(35-6)11-8-12-24(26)37-28(27(21)25(17)22)19-9-7-10-20(15-19)36-29(34)32(5)18(2)33/h7-16,28,31H,1-6H3. The average molecular weight is 499 g/mol. The molecule has 0 fully saturated rings.